The highest BCUT2D eigenvalue weighted by Gasteiger charge is 2.54. The van der Waals surface area contributed by atoms with E-state index in [0.717, 1.165) is 0 Å². The molecule has 5 heterocycles. The number of carboxylic acids is 1. The summed E-state index contributed by atoms with van der Waals surface area (Å²) in [5, 5.41) is 15.9. The fourth-order valence-corrected chi connectivity index (χ4v) is 5.55. The van der Waals surface area contributed by atoms with Crippen molar-refractivity contribution >= 4 is 52.4 Å². The molecule has 1 saturated heterocycles. The molecule has 2 aliphatic rings. The maximum atomic E-state index is 13.1. The predicted octanol–water partition coefficient (Wildman–Crippen LogP) is -0.0247. The Hall–Kier alpha value is -4.53. The monoisotopic (exact) mass is 539 g/mol. The number of oxime groups is 1. The number of hydrogen-bond donors (Lipinski definition) is 3. The summed E-state index contributed by atoms with van der Waals surface area (Å²) in [6, 6.07) is 2.63. The van der Waals surface area contributed by atoms with E-state index in [2.05, 4.69) is 25.4 Å². The third-order valence-corrected chi connectivity index (χ3v) is 7.20. The van der Waals surface area contributed by atoms with E-state index in [1.54, 1.807) is 36.7 Å². The highest BCUT2D eigenvalue weighted by molar-refractivity contribution is 8.00. The summed E-state index contributed by atoms with van der Waals surface area (Å²) in [5.74, 6) is -1.65. The Balaban J connectivity index is 1.38. The molecule has 3 aromatic heterocycles. The van der Waals surface area contributed by atoms with Gasteiger partial charge in [-0.25, -0.2) is 19.7 Å². The number of thioether (sulfide) groups is 1. The Labute approximate surface area is 219 Å². The molecular formula is C23H23N8O6S+. The normalized spacial score (nSPS) is 19.3. The molecule has 2 atom stereocenters. The molecule has 5 rings (SSSR count). The van der Waals surface area contributed by atoms with E-state index in [1.807, 2.05) is 0 Å². The van der Waals surface area contributed by atoms with Gasteiger partial charge in [-0.1, -0.05) is 5.16 Å². The number of aromatic nitrogens is 4. The number of aliphatic carboxylic acids is 1. The molecule has 0 radical (unpaired) electrons. The van der Waals surface area contributed by atoms with E-state index < -0.39 is 29.2 Å². The highest BCUT2D eigenvalue weighted by Crippen LogP contribution is 2.40. The molecule has 1 fully saturated rings. The van der Waals surface area contributed by atoms with Gasteiger partial charge >= 0.3 is 11.7 Å². The number of hydrogen-bond acceptors (Lipinski definition) is 11. The molecule has 14 nitrogen and oxygen atoms in total. The van der Waals surface area contributed by atoms with Gasteiger partial charge in [-0.2, -0.15) is 4.57 Å². The van der Waals surface area contributed by atoms with Gasteiger partial charge in [-0.05, 0) is 13.0 Å². The van der Waals surface area contributed by atoms with Crippen LogP contribution < -0.4 is 15.6 Å². The molecule has 0 saturated carbocycles. The standard InChI is InChI=1S/C23H22N8O6S/c1-3-36-29-15(12-7-25-23(24)26-8-12)18(32)28-16-19(33)31-17(22(34)35)13(10-38-21(16)31)9-30-6-4-5-14-20(30)37-11(2)27-14/h4-8,16,21H,3,9-10H2,1-2H3,(H3-,24,25,26,28,29,32,34,35)/p+1/t16?,21-/m0/s1. The molecule has 15 heteroatoms. The molecule has 3 aromatic rings. The number of nitrogens with one attached hydrogen (secondary N) is 1. The van der Waals surface area contributed by atoms with Gasteiger partial charge in [0.05, 0.1) is 0 Å². The summed E-state index contributed by atoms with van der Waals surface area (Å²) in [5.41, 5.74) is 7.19. The molecule has 0 bridgehead atoms. The van der Waals surface area contributed by atoms with Crippen LogP contribution >= 0.6 is 11.8 Å². The Morgan fingerprint density at radius 1 is 1.39 bits per heavy atom. The minimum absolute atomic E-state index is 0.0185. The molecule has 0 spiro atoms. The second-order valence-electron chi connectivity index (χ2n) is 8.37. The lowest BCUT2D eigenvalue weighted by Gasteiger charge is -2.49. The van der Waals surface area contributed by atoms with Crippen molar-refractivity contribution in [1.29, 1.82) is 0 Å². The van der Waals surface area contributed by atoms with Gasteiger partial charge in [0, 0.05) is 42.3 Å². The first kappa shape index (κ1) is 25.1. The van der Waals surface area contributed by atoms with Gasteiger partial charge in [0.25, 0.3) is 11.8 Å². The summed E-state index contributed by atoms with van der Waals surface area (Å²) in [7, 11) is 0. The topological polar surface area (TPSA) is 190 Å². The first-order chi connectivity index (χ1) is 18.3. The molecule has 4 N–H and O–H groups in total. The third-order valence-electron chi connectivity index (χ3n) is 5.87. The van der Waals surface area contributed by atoms with Crippen LogP contribution in [0.15, 0.2) is 51.6 Å². The summed E-state index contributed by atoms with van der Waals surface area (Å²) >= 11 is 1.35. The number of carboxylic acid groups (broad SMARTS) is 1. The van der Waals surface area contributed by atoms with Crippen LogP contribution in [0.2, 0.25) is 0 Å². The zero-order valence-corrected chi connectivity index (χ0v) is 21.1. The molecule has 196 valence electrons. The second-order valence-corrected chi connectivity index (χ2v) is 9.47. The number of nitrogens with zero attached hydrogens (tertiary/aromatic N) is 6. The van der Waals surface area contributed by atoms with Crippen LogP contribution in [0.25, 0.3) is 11.2 Å². The lowest BCUT2D eigenvalue weighted by Crippen LogP contribution is -2.71. The van der Waals surface area contributed by atoms with Crippen molar-refractivity contribution in [2.45, 2.75) is 31.8 Å². The average molecular weight is 540 g/mol. The molecule has 2 amide bonds. The Bertz CT molecular complexity index is 1500. The number of carbonyl (C=O) groups excluding carboxylic acids is 2. The number of anilines is 1. The Morgan fingerprint density at radius 3 is 2.87 bits per heavy atom. The number of nitrogens with two attached hydrogens (primary N) is 1. The number of nitrogen functional groups attached to an aromatic ring is 1. The Kier molecular flexibility index (Phi) is 6.67. The minimum atomic E-state index is -1.23. The number of β-lactam (4-membered cyclic amide) rings is 1. The first-order valence-electron chi connectivity index (χ1n) is 11.5. The van der Waals surface area contributed by atoms with Crippen molar-refractivity contribution < 1.29 is 33.3 Å². The Morgan fingerprint density at radius 2 is 2.16 bits per heavy atom. The third kappa shape index (κ3) is 4.51. The van der Waals surface area contributed by atoms with E-state index in [-0.39, 0.29) is 36.1 Å². The summed E-state index contributed by atoms with van der Waals surface area (Å²) in [6.45, 7) is 3.82. The summed E-state index contributed by atoms with van der Waals surface area (Å²) in [6.07, 6.45) is 4.39. The van der Waals surface area contributed by atoms with Gasteiger partial charge in [0.1, 0.15) is 23.7 Å². The zero-order chi connectivity index (χ0) is 27.0. The van der Waals surface area contributed by atoms with Crippen molar-refractivity contribution in [3.63, 3.8) is 0 Å². The SMILES string of the molecule is CCON=C(C(=O)NC1C(=O)N2C(C(=O)O)=C(C[n+]3cccc4nc(C)oc43)CS[C@@H]12)c1cnc(N)nc1. The fourth-order valence-electron chi connectivity index (χ4n) is 4.21. The minimum Gasteiger partial charge on any atom is -0.477 e. The predicted molar refractivity (Wildman–Crippen MR) is 133 cm³/mol. The van der Waals surface area contributed by atoms with E-state index in [9.17, 15) is 19.5 Å². The second kappa shape index (κ2) is 10.1. The number of rotatable bonds is 8. The van der Waals surface area contributed by atoms with Crippen molar-refractivity contribution in [1.82, 2.24) is 25.2 Å². The van der Waals surface area contributed by atoms with E-state index >= 15 is 0 Å². The molecule has 1 unspecified atom stereocenters. The molecule has 2 aliphatic heterocycles. The van der Waals surface area contributed by atoms with Crippen LogP contribution in [-0.2, 0) is 25.8 Å². The van der Waals surface area contributed by atoms with E-state index in [4.69, 9.17) is 15.0 Å². The molecular weight excluding hydrogens is 516 g/mol. The van der Waals surface area contributed by atoms with Gasteiger partial charge in [-0.3, -0.25) is 14.5 Å². The molecule has 0 aromatic carbocycles. The van der Waals surface area contributed by atoms with Crippen molar-refractivity contribution in [3.05, 3.63) is 53.4 Å². The van der Waals surface area contributed by atoms with Crippen LogP contribution in [0, 0.1) is 6.92 Å². The van der Waals surface area contributed by atoms with Crippen LogP contribution in [-0.4, -0.2) is 72.2 Å². The number of amides is 2. The summed E-state index contributed by atoms with van der Waals surface area (Å²) < 4.78 is 7.44. The van der Waals surface area contributed by atoms with Crippen LogP contribution in [0.1, 0.15) is 18.4 Å². The van der Waals surface area contributed by atoms with Gasteiger partial charge in [0.2, 0.25) is 5.95 Å². The fraction of sp³-hybridized carbons (Fsp3) is 0.304. The largest absolute Gasteiger partial charge is 0.477 e. The van der Waals surface area contributed by atoms with Crippen molar-refractivity contribution in [2.75, 3.05) is 18.1 Å². The number of fused-ring (bicyclic) bond motifs is 2. The number of pyridine rings is 1. The smallest absolute Gasteiger partial charge is 0.401 e. The van der Waals surface area contributed by atoms with E-state index in [0.29, 0.717) is 28.4 Å². The highest BCUT2D eigenvalue weighted by atomic mass is 32.2. The van der Waals surface area contributed by atoms with E-state index in [1.165, 1.54) is 29.1 Å². The first-order valence-corrected chi connectivity index (χ1v) is 12.6. The number of oxazole rings is 1. The number of aryl methyl sites for hydroxylation is 1. The quantitative estimate of drug-likeness (QED) is 0.151. The lowest BCUT2D eigenvalue weighted by atomic mass is 10.0. The van der Waals surface area contributed by atoms with Gasteiger partial charge in [-0.15, -0.1) is 11.8 Å². The maximum Gasteiger partial charge on any atom is 0.401 e. The summed E-state index contributed by atoms with van der Waals surface area (Å²) in [4.78, 5) is 56.8. The van der Waals surface area contributed by atoms with Crippen molar-refractivity contribution in [2.24, 2.45) is 5.16 Å². The van der Waals surface area contributed by atoms with Gasteiger partial charge < -0.3 is 25.4 Å². The van der Waals surface area contributed by atoms with Gasteiger partial charge in [0.15, 0.2) is 29.9 Å². The maximum absolute atomic E-state index is 13.1. The molecule has 0 aliphatic carbocycles. The van der Waals surface area contributed by atoms with Crippen LogP contribution in [0.5, 0.6) is 0 Å². The van der Waals surface area contributed by atoms with Crippen LogP contribution in [0.4, 0.5) is 5.95 Å². The molecule has 38 heavy (non-hydrogen) atoms. The number of carbonyl (C=O) groups is 3. The van der Waals surface area contributed by atoms with Crippen LogP contribution in [0.3, 0.4) is 0 Å². The van der Waals surface area contributed by atoms with Crippen molar-refractivity contribution in [3.8, 4) is 0 Å². The zero-order valence-electron chi connectivity index (χ0n) is 20.3. The average Bonchev–Trinajstić information content (AvgIpc) is 3.29. The lowest BCUT2D eigenvalue weighted by molar-refractivity contribution is -0.669.